The first kappa shape index (κ1) is 22.7. The van der Waals surface area contributed by atoms with E-state index in [1.54, 1.807) is 30.5 Å². The SMILES string of the molecule is COCCN(C)S(=O)(=O)c1cc2c(cc1Oc1cccnc1)Oc1ccc(C)cc1NC2=O. The molecule has 3 aromatic rings. The van der Waals surface area contributed by atoms with Gasteiger partial charge in [0.15, 0.2) is 11.5 Å². The molecular formula is C23H23N3O6S. The molecule has 0 unspecified atom stereocenters. The van der Waals surface area contributed by atoms with Gasteiger partial charge in [0.25, 0.3) is 5.91 Å². The number of anilines is 1. The van der Waals surface area contributed by atoms with Gasteiger partial charge in [-0.3, -0.25) is 9.78 Å². The molecular weight excluding hydrogens is 446 g/mol. The molecule has 33 heavy (non-hydrogen) atoms. The topological polar surface area (TPSA) is 107 Å². The van der Waals surface area contributed by atoms with E-state index in [-0.39, 0.29) is 35.1 Å². The number of nitrogens with zero attached hydrogens (tertiary/aromatic N) is 2. The van der Waals surface area contributed by atoms with Crippen LogP contribution in [0.4, 0.5) is 5.69 Å². The van der Waals surface area contributed by atoms with Gasteiger partial charge in [-0.25, -0.2) is 8.42 Å². The van der Waals surface area contributed by atoms with Crippen molar-refractivity contribution in [3.63, 3.8) is 0 Å². The standard InChI is InChI=1S/C23H23N3O6S/c1-15-6-7-19-18(11-15)25-23(27)17-12-22(33(28,29)26(2)9-10-30-3)21(13-20(17)32-19)31-16-5-4-8-24-14-16/h4-8,11-14H,9-10H2,1-3H3,(H,25,27). The van der Waals surface area contributed by atoms with Crippen LogP contribution in [0, 0.1) is 6.92 Å². The lowest BCUT2D eigenvalue weighted by molar-refractivity contribution is 0.102. The molecule has 2 aromatic carbocycles. The number of carbonyl (C=O) groups excluding carboxylic acids is 1. The normalized spacial score (nSPS) is 12.9. The predicted molar refractivity (Wildman–Crippen MR) is 122 cm³/mol. The molecule has 1 N–H and O–H groups in total. The summed E-state index contributed by atoms with van der Waals surface area (Å²) >= 11 is 0. The minimum atomic E-state index is -4.03. The third-order valence-corrected chi connectivity index (χ3v) is 6.93. The first-order chi connectivity index (χ1) is 15.8. The van der Waals surface area contributed by atoms with Crippen molar-refractivity contribution in [2.75, 3.05) is 32.6 Å². The molecule has 0 spiro atoms. The van der Waals surface area contributed by atoms with Crippen LogP contribution in [0.1, 0.15) is 15.9 Å². The zero-order chi connectivity index (χ0) is 23.6. The van der Waals surface area contributed by atoms with Gasteiger partial charge < -0.3 is 19.5 Å². The van der Waals surface area contributed by atoms with Crippen molar-refractivity contribution in [2.24, 2.45) is 0 Å². The quantitative estimate of drug-likeness (QED) is 0.561. The maximum Gasteiger partial charge on any atom is 0.259 e. The van der Waals surface area contributed by atoms with E-state index in [9.17, 15) is 13.2 Å². The van der Waals surface area contributed by atoms with Gasteiger partial charge in [-0.1, -0.05) is 6.07 Å². The highest BCUT2D eigenvalue weighted by atomic mass is 32.2. The molecule has 0 bridgehead atoms. The van der Waals surface area contributed by atoms with Crippen molar-refractivity contribution in [3.8, 4) is 23.0 Å². The van der Waals surface area contributed by atoms with E-state index in [0.717, 1.165) is 9.87 Å². The lowest BCUT2D eigenvalue weighted by Crippen LogP contribution is -2.30. The Balaban J connectivity index is 1.85. The Hall–Kier alpha value is -3.47. The molecule has 0 atom stereocenters. The smallest absolute Gasteiger partial charge is 0.259 e. The van der Waals surface area contributed by atoms with E-state index in [0.29, 0.717) is 17.2 Å². The van der Waals surface area contributed by atoms with Crippen LogP contribution in [0.5, 0.6) is 23.0 Å². The largest absolute Gasteiger partial charge is 0.454 e. The van der Waals surface area contributed by atoms with Crippen molar-refractivity contribution in [3.05, 3.63) is 66.0 Å². The number of likely N-dealkylation sites (N-methyl/N-ethyl adjacent to an activating group) is 1. The average molecular weight is 470 g/mol. The second kappa shape index (κ2) is 9.18. The first-order valence-electron chi connectivity index (χ1n) is 10.1. The molecule has 172 valence electrons. The first-order valence-corrected chi connectivity index (χ1v) is 11.5. The molecule has 1 aliphatic rings. The Bertz CT molecular complexity index is 1300. The predicted octanol–water partition coefficient (Wildman–Crippen LogP) is 3.81. The van der Waals surface area contributed by atoms with E-state index in [1.807, 2.05) is 13.0 Å². The number of hydrogen-bond donors (Lipinski definition) is 1. The van der Waals surface area contributed by atoms with Crippen molar-refractivity contribution in [2.45, 2.75) is 11.8 Å². The molecule has 0 saturated carbocycles. The fraction of sp³-hybridized carbons (Fsp3) is 0.217. The lowest BCUT2D eigenvalue weighted by atomic mass is 10.1. The molecule has 1 amide bonds. The number of ether oxygens (including phenoxy) is 3. The third kappa shape index (κ3) is 4.68. The molecule has 1 aliphatic heterocycles. The Kier molecular flexibility index (Phi) is 6.32. The van der Waals surface area contributed by atoms with Crippen LogP contribution in [0.2, 0.25) is 0 Å². The minimum Gasteiger partial charge on any atom is -0.454 e. The number of aromatic nitrogens is 1. The highest BCUT2D eigenvalue weighted by Gasteiger charge is 2.31. The summed E-state index contributed by atoms with van der Waals surface area (Å²) in [5, 5.41) is 2.79. The van der Waals surface area contributed by atoms with Crippen LogP contribution in [-0.2, 0) is 14.8 Å². The van der Waals surface area contributed by atoms with Crippen LogP contribution in [0.15, 0.2) is 59.8 Å². The second-order valence-electron chi connectivity index (χ2n) is 7.46. The van der Waals surface area contributed by atoms with Gasteiger partial charge in [-0.05, 0) is 42.8 Å². The number of hydrogen-bond acceptors (Lipinski definition) is 7. The number of benzene rings is 2. The summed E-state index contributed by atoms with van der Waals surface area (Å²) < 4.78 is 44.8. The van der Waals surface area contributed by atoms with E-state index in [4.69, 9.17) is 14.2 Å². The Morgan fingerprint density at radius 3 is 2.70 bits per heavy atom. The second-order valence-corrected chi connectivity index (χ2v) is 9.47. The Labute approximate surface area is 192 Å². The summed E-state index contributed by atoms with van der Waals surface area (Å²) in [6, 6.07) is 11.4. The van der Waals surface area contributed by atoms with Crippen LogP contribution < -0.4 is 14.8 Å². The highest BCUT2D eigenvalue weighted by Crippen LogP contribution is 2.42. The number of pyridine rings is 1. The lowest BCUT2D eigenvalue weighted by Gasteiger charge is -2.20. The number of methoxy groups -OCH3 is 1. The average Bonchev–Trinajstić information content (AvgIpc) is 2.92. The fourth-order valence-corrected chi connectivity index (χ4v) is 4.54. The highest BCUT2D eigenvalue weighted by molar-refractivity contribution is 7.89. The summed E-state index contributed by atoms with van der Waals surface area (Å²) in [5.74, 6) is 0.468. The molecule has 0 saturated heterocycles. The maximum atomic E-state index is 13.4. The van der Waals surface area contributed by atoms with Gasteiger partial charge in [0.05, 0.1) is 24.1 Å². The van der Waals surface area contributed by atoms with E-state index >= 15 is 0 Å². The number of nitrogens with one attached hydrogen (secondary N) is 1. The monoisotopic (exact) mass is 469 g/mol. The Morgan fingerprint density at radius 2 is 1.97 bits per heavy atom. The number of sulfonamides is 1. The number of carbonyl (C=O) groups is 1. The molecule has 10 heteroatoms. The zero-order valence-electron chi connectivity index (χ0n) is 18.4. The molecule has 2 heterocycles. The number of fused-ring (bicyclic) bond motifs is 2. The van der Waals surface area contributed by atoms with Crippen LogP contribution in [0.3, 0.4) is 0 Å². The molecule has 1 aromatic heterocycles. The van der Waals surface area contributed by atoms with Crippen molar-refractivity contribution < 1.29 is 27.4 Å². The third-order valence-electron chi connectivity index (χ3n) is 5.05. The van der Waals surface area contributed by atoms with Crippen LogP contribution >= 0.6 is 0 Å². The van der Waals surface area contributed by atoms with Gasteiger partial charge >= 0.3 is 0 Å². The van der Waals surface area contributed by atoms with Crippen molar-refractivity contribution >= 4 is 21.6 Å². The summed E-state index contributed by atoms with van der Waals surface area (Å²) in [7, 11) is -1.11. The van der Waals surface area contributed by atoms with E-state index in [2.05, 4.69) is 10.3 Å². The summed E-state index contributed by atoms with van der Waals surface area (Å²) in [6.07, 6.45) is 3.04. The summed E-state index contributed by atoms with van der Waals surface area (Å²) in [4.78, 5) is 16.8. The van der Waals surface area contributed by atoms with Crippen LogP contribution in [-0.4, -0.2) is 50.9 Å². The van der Waals surface area contributed by atoms with E-state index in [1.165, 1.54) is 32.5 Å². The van der Waals surface area contributed by atoms with Gasteiger partial charge in [-0.2, -0.15) is 4.31 Å². The minimum absolute atomic E-state index is 0.00868. The molecule has 9 nitrogen and oxygen atoms in total. The van der Waals surface area contributed by atoms with Gasteiger partial charge in [0.2, 0.25) is 10.0 Å². The molecule has 0 aliphatic carbocycles. The summed E-state index contributed by atoms with van der Waals surface area (Å²) in [6.45, 7) is 2.22. The number of aryl methyl sites for hydroxylation is 1. The van der Waals surface area contributed by atoms with Gasteiger partial charge in [0.1, 0.15) is 16.4 Å². The molecule has 4 rings (SSSR count). The fourth-order valence-electron chi connectivity index (χ4n) is 3.27. The number of rotatable bonds is 7. The molecule has 0 fully saturated rings. The van der Waals surface area contributed by atoms with Crippen molar-refractivity contribution in [1.82, 2.24) is 9.29 Å². The van der Waals surface area contributed by atoms with Gasteiger partial charge in [-0.15, -0.1) is 0 Å². The van der Waals surface area contributed by atoms with Crippen LogP contribution in [0.25, 0.3) is 0 Å². The summed E-state index contributed by atoms with van der Waals surface area (Å²) in [5.41, 5.74) is 1.50. The Morgan fingerprint density at radius 1 is 1.15 bits per heavy atom. The van der Waals surface area contributed by atoms with E-state index < -0.39 is 15.9 Å². The van der Waals surface area contributed by atoms with Crippen molar-refractivity contribution in [1.29, 1.82) is 0 Å². The zero-order valence-corrected chi connectivity index (χ0v) is 19.2. The maximum absolute atomic E-state index is 13.4. The molecule has 0 radical (unpaired) electrons. The number of amides is 1. The van der Waals surface area contributed by atoms with Gasteiger partial charge in [0, 0.05) is 33.0 Å².